The maximum absolute atomic E-state index is 11.4. The Bertz CT molecular complexity index is 760. The summed E-state index contributed by atoms with van der Waals surface area (Å²) >= 11 is 1.41. The first-order valence-corrected chi connectivity index (χ1v) is 6.58. The maximum atomic E-state index is 11.4. The first-order chi connectivity index (χ1) is 9.18. The minimum Gasteiger partial charge on any atom is -0.507 e. The number of aromatic carboxylic acids is 1. The van der Waals surface area contributed by atoms with Crippen molar-refractivity contribution in [3.05, 3.63) is 53.4 Å². The summed E-state index contributed by atoms with van der Waals surface area (Å²) in [5.41, 5.74) is 1.20. The summed E-state index contributed by atoms with van der Waals surface area (Å²) in [6.07, 6.45) is 0. The largest absolute Gasteiger partial charge is 0.507 e. The second-order valence-electron chi connectivity index (χ2n) is 4.15. The molecule has 0 saturated heterocycles. The fourth-order valence-electron chi connectivity index (χ4n) is 2.16. The summed E-state index contributed by atoms with van der Waals surface area (Å²) in [5.74, 6) is -1.01. The van der Waals surface area contributed by atoms with Crippen molar-refractivity contribution in [1.82, 2.24) is 0 Å². The van der Waals surface area contributed by atoms with Gasteiger partial charge in [0.2, 0.25) is 0 Å². The Balaban J connectivity index is 2.41. The number of carboxylic acid groups (broad SMARTS) is 1. The van der Waals surface area contributed by atoms with E-state index in [1.807, 2.05) is 23.6 Å². The molecule has 0 aliphatic rings. The van der Waals surface area contributed by atoms with Crippen LogP contribution in [0.2, 0.25) is 0 Å². The normalized spacial score (nSPS) is 10.7. The van der Waals surface area contributed by atoms with E-state index in [9.17, 15) is 15.0 Å². The SMILES string of the molecule is O=C(O)c1cc2sccc2c(O)c1-c1ccccc1. The van der Waals surface area contributed by atoms with Crippen molar-refractivity contribution in [1.29, 1.82) is 0 Å². The molecule has 2 N–H and O–H groups in total. The zero-order valence-electron chi connectivity index (χ0n) is 9.83. The lowest BCUT2D eigenvalue weighted by Gasteiger charge is -2.10. The first-order valence-electron chi connectivity index (χ1n) is 5.70. The lowest BCUT2D eigenvalue weighted by Crippen LogP contribution is -1.99. The lowest BCUT2D eigenvalue weighted by molar-refractivity contribution is 0.0697. The van der Waals surface area contributed by atoms with Crippen molar-refractivity contribution in [3.63, 3.8) is 0 Å². The van der Waals surface area contributed by atoms with Crippen molar-refractivity contribution < 1.29 is 15.0 Å². The van der Waals surface area contributed by atoms with Gasteiger partial charge in [0.25, 0.3) is 0 Å². The molecule has 0 saturated carbocycles. The number of phenolic OH excluding ortho intramolecular Hbond substituents is 1. The standard InChI is InChI=1S/C15H10O3S/c16-14-10-6-7-19-12(10)8-11(15(17)18)13(14)9-4-2-1-3-5-9/h1-8,16H,(H,17,18). The third-order valence-electron chi connectivity index (χ3n) is 3.02. The minimum atomic E-state index is -1.04. The second-order valence-corrected chi connectivity index (χ2v) is 5.10. The van der Waals surface area contributed by atoms with Gasteiger partial charge in [0.05, 0.1) is 5.56 Å². The van der Waals surface area contributed by atoms with Crippen molar-refractivity contribution in [2.75, 3.05) is 0 Å². The molecule has 3 aromatic rings. The Hall–Kier alpha value is -2.33. The lowest BCUT2D eigenvalue weighted by atomic mass is 9.97. The molecule has 1 heterocycles. The molecule has 0 aliphatic carbocycles. The third-order valence-corrected chi connectivity index (χ3v) is 3.89. The molecule has 0 amide bonds. The highest BCUT2D eigenvalue weighted by Gasteiger charge is 2.19. The van der Waals surface area contributed by atoms with E-state index >= 15 is 0 Å². The molecular weight excluding hydrogens is 260 g/mol. The van der Waals surface area contributed by atoms with Crippen LogP contribution in [0.5, 0.6) is 5.75 Å². The van der Waals surface area contributed by atoms with E-state index < -0.39 is 5.97 Å². The number of thiophene rings is 1. The van der Waals surface area contributed by atoms with E-state index in [-0.39, 0.29) is 11.3 Å². The molecule has 0 spiro atoms. The van der Waals surface area contributed by atoms with Gasteiger partial charge in [0, 0.05) is 15.6 Å². The molecule has 1 aromatic heterocycles. The zero-order valence-corrected chi connectivity index (χ0v) is 10.6. The number of carboxylic acids is 1. The van der Waals surface area contributed by atoms with Gasteiger partial charge in [-0.3, -0.25) is 0 Å². The van der Waals surface area contributed by atoms with Gasteiger partial charge in [0.15, 0.2) is 0 Å². The van der Waals surface area contributed by atoms with Crippen LogP contribution in [-0.2, 0) is 0 Å². The van der Waals surface area contributed by atoms with Crippen LogP contribution in [0.15, 0.2) is 47.8 Å². The summed E-state index contributed by atoms with van der Waals surface area (Å²) in [4.78, 5) is 11.4. The maximum Gasteiger partial charge on any atom is 0.336 e. The van der Waals surface area contributed by atoms with E-state index in [2.05, 4.69) is 0 Å². The number of fused-ring (bicyclic) bond motifs is 1. The van der Waals surface area contributed by atoms with E-state index in [0.29, 0.717) is 16.5 Å². The van der Waals surface area contributed by atoms with Crippen molar-refractivity contribution in [2.45, 2.75) is 0 Å². The molecule has 0 unspecified atom stereocenters. The number of rotatable bonds is 2. The number of aromatic hydroxyl groups is 1. The summed E-state index contributed by atoms with van der Waals surface area (Å²) in [6, 6.07) is 12.5. The smallest absolute Gasteiger partial charge is 0.336 e. The highest BCUT2D eigenvalue weighted by atomic mass is 32.1. The molecule has 19 heavy (non-hydrogen) atoms. The Morgan fingerprint density at radius 3 is 2.53 bits per heavy atom. The van der Waals surface area contributed by atoms with Crippen molar-refractivity contribution in [2.24, 2.45) is 0 Å². The van der Waals surface area contributed by atoms with E-state index in [1.165, 1.54) is 11.3 Å². The number of carbonyl (C=O) groups is 1. The topological polar surface area (TPSA) is 57.5 Å². The van der Waals surface area contributed by atoms with Crippen molar-refractivity contribution >= 4 is 27.4 Å². The van der Waals surface area contributed by atoms with E-state index in [1.54, 1.807) is 24.3 Å². The van der Waals surface area contributed by atoms with Gasteiger partial charge in [-0.1, -0.05) is 30.3 Å². The third kappa shape index (κ3) is 1.86. The second kappa shape index (κ2) is 4.40. The predicted molar refractivity (Wildman–Crippen MR) is 75.9 cm³/mol. The van der Waals surface area contributed by atoms with Crippen LogP contribution in [0.1, 0.15) is 10.4 Å². The van der Waals surface area contributed by atoms with Crippen LogP contribution in [0.4, 0.5) is 0 Å². The molecule has 3 nitrogen and oxygen atoms in total. The monoisotopic (exact) mass is 270 g/mol. The van der Waals surface area contributed by atoms with Gasteiger partial charge in [-0.25, -0.2) is 4.79 Å². The number of phenols is 1. The molecule has 3 rings (SSSR count). The molecule has 2 aromatic carbocycles. The van der Waals surface area contributed by atoms with Gasteiger partial charge in [-0.05, 0) is 23.1 Å². The average Bonchev–Trinajstić information content (AvgIpc) is 2.88. The molecule has 0 fully saturated rings. The predicted octanol–water partition coefficient (Wildman–Crippen LogP) is 3.97. The van der Waals surface area contributed by atoms with Gasteiger partial charge in [-0.15, -0.1) is 11.3 Å². The molecule has 94 valence electrons. The van der Waals surface area contributed by atoms with Gasteiger partial charge >= 0.3 is 5.97 Å². The summed E-state index contributed by atoms with van der Waals surface area (Å²) < 4.78 is 0.773. The number of benzene rings is 2. The first kappa shape index (κ1) is 11.7. The highest BCUT2D eigenvalue weighted by molar-refractivity contribution is 7.17. The van der Waals surface area contributed by atoms with Crippen LogP contribution >= 0.6 is 11.3 Å². The quantitative estimate of drug-likeness (QED) is 0.740. The minimum absolute atomic E-state index is 0.0300. The molecule has 0 radical (unpaired) electrons. The molecule has 4 heteroatoms. The van der Waals surface area contributed by atoms with Crippen LogP contribution in [0.3, 0.4) is 0 Å². The summed E-state index contributed by atoms with van der Waals surface area (Å²) in [6.45, 7) is 0. The average molecular weight is 270 g/mol. The zero-order chi connectivity index (χ0) is 13.4. The van der Waals surface area contributed by atoms with Gasteiger partial charge < -0.3 is 10.2 Å². The Morgan fingerprint density at radius 2 is 1.84 bits per heavy atom. The highest BCUT2D eigenvalue weighted by Crippen LogP contribution is 2.40. The van der Waals surface area contributed by atoms with Crippen LogP contribution in [0.25, 0.3) is 21.2 Å². The van der Waals surface area contributed by atoms with Crippen molar-refractivity contribution in [3.8, 4) is 16.9 Å². The molecule has 0 aliphatic heterocycles. The Morgan fingerprint density at radius 1 is 1.11 bits per heavy atom. The summed E-state index contributed by atoms with van der Waals surface area (Å²) in [5, 5.41) is 22.2. The fourth-order valence-corrected chi connectivity index (χ4v) is 2.99. The number of hydrogen-bond donors (Lipinski definition) is 2. The van der Waals surface area contributed by atoms with Gasteiger partial charge in [-0.2, -0.15) is 0 Å². The fraction of sp³-hybridized carbons (Fsp3) is 0. The van der Waals surface area contributed by atoms with Crippen LogP contribution in [-0.4, -0.2) is 16.2 Å². The molecule has 0 bridgehead atoms. The molecular formula is C15H10O3S. The Labute approximate surface area is 113 Å². The molecule has 0 atom stereocenters. The van der Waals surface area contributed by atoms with E-state index in [4.69, 9.17) is 0 Å². The van der Waals surface area contributed by atoms with E-state index in [0.717, 1.165) is 4.70 Å². The van der Waals surface area contributed by atoms with Crippen LogP contribution < -0.4 is 0 Å². The summed E-state index contributed by atoms with van der Waals surface area (Å²) in [7, 11) is 0. The number of hydrogen-bond acceptors (Lipinski definition) is 3. The van der Waals surface area contributed by atoms with Gasteiger partial charge in [0.1, 0.15) is 5.75 Å². The Kier molecular flexibility index (Phi) is 2.72. The van der Waals surface area contributed by atoms with Crippen LogP contribution in [0, 0.1) is 0 Å².